The van der Waals surface area contributed by atoms with Crippen LogP contribution in [0, 0.1) is 13.8 Å². The smallest absolute Gasteiger partial charge is 0.195 e. The number of hydrogen-bond acceptors (Lipinski definition) is 2. The van der Waals surface area contributed by atoms with Gasteiger partial charge in [-0.3, -0.25) is 0 Å². The Morgan fingerprint density at radius 2 is 1.74 bits per heavy atom. The van der Waals surface area contributed by atoms with Crippen molar-refractivity contribution in [1.29, 1.82) is 0 Å². The summed E-state index contributed by atoms with van der Waals surface area (Å²) in [5, 5.41) is 6.49. The molecule has 0 radical (unpaired) electrons. The zero-order valence-corrected chi connectivity index (χ0v) is 13.0. The van der Waals surface area contributed by atoms with E-state index in [9.17, 15) is 0 Å². The lowest BCUT2D eigenvalue weighted by atomic mass is 10.1. The predicted octanol–water partition coefficient (Wildman–Crippen LogP) is 2.70. The van der Waals surface area contributed by atoms with Crippen LogP contribution in [0.1, 0.15) is 31.9 Å². The van der Waals surface area contributed by atoms with E-state index in [1.807, 2.05) is 52.8 Å². The molecule has 0 aliphatic rings. The van der Waals surface area contributed by atoms with E-state index in [1.54, 1.807) is 0 Å². The largest absolute Gasteiger partial charge is 0.370 e. The fraction of sp³-hybridized carbons (Fsp3) is 0.429. The molecule has 0 amide bonds. The van der Waals surface area contributed by atoms with Crippen LogP contribution in [0.3, 0.4) is 0 Å². The lowest BCUT2D eigenvalue weighted by Crippen LogP contribution is -2.41. The van der Waals surface area contributed by atoms with E-state index in [2.05, 4.69) is 15.6 Å². The van der Waals surface area contributed by atoms with E-state index in [4.69, 9.17) is 18.0 Å². The highest BCUT2D eigenvalue weighted by molar-refractivity contribution is 7.80. The second kappa shape index (κ2) is 6.02. The van der Waals surface area contributed by atoms with Gasteiger partial charge in [0.1, 0.15) is 0 Å². The van der Waals surface area contributed by atoms with Crippen molar-refractivity contribution >= 4 is 29.0 Å². The van der Waals surface area contributed by atoms with Crippen LogP contribution in [-0.2, 0) is 0 Å². The first-order chi connectivity index (χ1) is 8.69. The first-order valence-electron chi connectivity index (χ1n) is 6.18. The summed E-state index contributed by atoms with van der Waals surface area (Å²) >= 11 is 5.24. The summed E-state index contributed by atoms with van der Waals surface area (Å²) in [5.41, 5.74) is 8.84. The standard InChI is InChI=1S/C14H22N4S/c1-9-7-6-8-10(2)11(9)16-13(19)17-12(15)18-14(3,4)5/h6-8H,1-5H3,(H4,15,16,17,18,19). The number of hydrogen-bond donors (Lipinski definition) is 3. The molecular weight excluding hydrogens is 256 g/mol. The van der Waals surface area contributed by atoms with Gasteiger partial charge in [0.2, 0.25) is 0 Å². The van der Waals surface area contributed by atoms with Crippen molar-refractivity contribution in [1.82, 2.24) is 5.32 Å². The highest BCUT2D eigenvalue weighted by Crippen LogP contribution is 2.19. The van der Waals surface area contributed by atoms with Gasteiger partial charge in [-0.1, -0.05) is 18.2 Å². The van der Waals surface area contributed by atoms with E-state index < -0.39 is 0 Å². The highest BCUT2D eigenvalue weighted by Gasteiger charge is 2.09. The van der Waals surface area contributed by atoms with Crippen molar-refractivity contribution in [2.45, 2.75) is 40.2 Å². The second-order valence-electron chi connectivity index (χ2n) is 5.51. The Morgan fingerprint density at radius 3 is 2.21 bits per heavy atom. The number of aryl methyl sites for hydroxylation is 2. The first-order valence-corrected chi connectivity index (χ1v) is 6.59. The normalized spacial score (nSPS) is 12.2. The summed E-state index contributed by atoms with van der Waals surface area (Å²) in [6.45, 7) is 9.99. The number of para-hydroxylation sites is 1. The maximum atomic E-state index is 5.80. The second-order valence-corrected chi connectivity index (χ2v) is 5.92. The summed E-state index contributed by atoms with van der Waals surface area (Å²) in [5.74, 6) is 0.316. The van der Waals surface area contributed by atoms with Crippen LogP contribution in [0.2, 0.25) is 0 Å². The summed E-state index contributed by atoms with van der Waals surface area (Å²) < 4.78 is 0. The number of benzene rings is 1. The van der Waals surface area contributed by atoms with Gasteiger partial charge in [-0.05, 0) is 58.0 Å². The Kier molecular flexibility index (Phi) is 4.89. The van der Waals surface area contributed by atoms with Crippen LogP contribution < -0.4 is 16.4 Å². The van der Waals surface area contributed by atoms with E-state index in [1.165, 1.54) is 0 Å². The molecule has 19 heavy (non-hydrogen) atoms. The zero-order chi connectivity index (χ0) is 14.6. The molecule has 1 rings (SSSR count). The number of rotatable bonds is 1. The van der Waals surface area contributed by atoms with Crippen LogP contribution in [0.15, 0.2) is 23.2 Å². The molecule has 0 heterocycles. The molecule has 0 aliphatic carbocycles. The van der Waals surface area contributed by atoms with Crippen molar-refractivity contribution < 1.29 is 0 Å². The van der Waals surface area contributed by atoms with Gasteiger partial charge in [0.15, 0.2) is 11.1 Å². The third-order valence-electron chi connectivity index (χ3n) is 2.42. The topological polar surface area (TPSA) is 62.4 Å². The average Bonchev–Trinajstić information content (AvgIpc) is 2.20. The van der Waals surface area contributed by atoms with E-state index in [-0.39, 0.29) is 5.54 Å². The Morgan fingerprint density at radius 1 is 1.21 bits per heavy atom. The Balaban J connectivity index is 2.74. The molecule has 0 atom stereocenters. The van der Waals surface area contributed by atoms with Crippen molar-refractivity contribution in [2.75, 3.05) is 5.32 Å². The molecule has 0 aliphatic heterocycles. The van der Waals surface area contributed by atoms with Gasteiger partial charge in [-0.25, -0.2) is 4.99 Å². The molecule has 0 saturated carbocycles. The van der Waals surface area contributed by atoms with E-state index in [0.29, 0.717) is 11.1 Å². The monoisotopic (exact) mass is 278 g/mol. The number of guanidine groups is 1. The molecule has 0 spiro atoms. The molecule has 1 aromatic rings. The van der Waals surface area contributed by atoms with Crippen molar-refractivity contribution in [3.8, 4) is 0 Å². The van der Waals surface area contributed by atoms with Gasteiger partial charge in [-0.15, -0.1) is 0 Å². The minimum Gasteiger partial charge on any atom is -0.370 e. The quantitative estimate of drug-likeness (QED) is 0.420. The molecule has 4 N–H and O–H groups in total. The molecule has 4 nitrogen and oxygen atoms in total. The Bertz CT molecular complexity index is 480. The lowest BCUT2D eigenvalue weighted by Gasteiger charge is -2.17. The minimum atomic E-state index is -0.231. The highest BCUT2D eigenvalue weighted by atomic mass is 32.1. The van der Waals surface area contributed by atoms with E-state index in [0.717, 1.165) is 16.8 Å². The van der Waals surface area contributed by atoms with Crippen LogP contribution in [0.25, 0.3) is 0 Å². The third-order valence-corrected chi connectivity index (χ3v) is 2.62. The van der Waals surface area contributed by atoms with Crippen molar-refractivity contribution in [3.05, 3.63) is 29.3 Å². The summed E-state index contributed by atoms with van der Waals surface area (Å²) in [6, 6.07) is 6.08. The number of thiocarbonyl (C=S) groups is 1. The molecule has 104 valence electrons. The van der Waals surface area contributed by atoms with E-state index >= 15 is 0 Å². The fourth-order valence-electron chi connectivity index (χ4n) is 1.66. The molecule has 0 fully saturated rings. The molecule has 0 unspecified atom stereocenters. The molecule has 1 aromatic carbocycles. The van der Waals surface area contributed by atoms with Crippen LogP contribution in [0.5, 0.6) is 0 Å². The maximum absolute atomic E-state index is 5.80. The average molecular weight is 278 g/mol. The number of aliphatic imine (C=N–C) groups is 1. The number of nitrogens with one attached hydrogen (secondary N) is 2. The van der Waals surface area contributed by atoms with Gasteiger partial charge < -0.3 is 16.4 Å². The first kappa shape index (κ1) is 15.4. The van der Waals surface area contributed by atoms with Crippen LogP contribution in [0.4, 0.5) is 5.69 Å². The Labute approximate surface area is 120 Å². The maximum Gasteiger partial charge on any atom is 0.195 e. The number of anilines is 1. The summed E-state index contributed by atoms with van der Waals surface area (Å²) in [7, 11) is 0. The fourth-order valence-corrected chi connectivity index (χ4v) is 1.87. The SMILES string of the molecule is Cc1cccc(C)c1NC(=S)NC(N)=NC(C)(C)C. The predicted molar refractivity (Wildman–Crippen MR) is 86.6 cm³/mol. The van der Waals surface area contributed by atoms with Gasteiger partial charge >= 0.3 is 0 Å². The Hall–Kier alpha value is -1.62. The molecule has 0 aromatic heterocycles. The van der Waals surface area contributed by atoms with Gasteiger partial charge in [0.05, 0.1) is 5.54 Å². The number of nitrogens with two attached hydrogens (primary N) is 1. The lowest BCUT2D eigenvalue weighted by molar-refractivity contribution is 0.581. The summed E-state index contributed by atoms with van der Waals surface area (Å²) in [4.78, 5) is 4.29. The van der Waals surface area contributed by atoms with Crippen molar-refractivity contribution in [3.63, 3.8) is 0 Å². The van der Waals surface area contributed by atoms with Crippen LogP contribution in [-0.4, -0.2) is 16.6 Å². The summed E-state index contributed by atoms with van der Waals surface area (Å²) in [6.07, 6.45) is 0. The third kappa shape index (κ3) is 5.26. The molecule has 0 bridgehead atoms. The number of nitrogens with zero attached hydrogens (tertiary/aromatic N) is 1. The molecular formula is C14H22N4S. The van der Waals surface area contributed by atoms with Crippen molar-refractivity contribution in [2.24, 2.45) is 10.7 Å². The van der Waals surface area contributed by atoms with Crippen LogP contribution >= 0.6 is 12.2 Å². The minimum absolute atomic E-state index is 0.231. The molecule has 5 heteroatoms. The van der Waals surface area contributed by atoms with Gasteiger partial charge in [-0.2, -0.15) is 0 Å². The van der Waals surface area contributed by atoms with Gasteiger partial charge in [0.25, 0.3) is 0 Å². The zero-order valence-electron chi connectivity index (χ0n) is 12.2. The molecule has 0 saturated heterocycles. The van der Waals surface area contributed by atoms with Gasteiger partial charge in [0, 0.05) is 5.69 Å².